The highest BCUT2D eigenvalue weighted by Crippen LogP contribution is 2.15. The van der Waals surface area contributed by atoms with Crippen LogP contribution in [0.15, 0.2) is 11.4 Å². The van der Waals surface area contributed by atoms with E-state index in [0.717, 1.165) is 6.29 Å². The fraction of sp³-hybridized carbons (Fsp3) is 0.444. The normalized spacial score (nSPS) is 12.2. The van der Waals surface area contributed by atoms with Crippen LogP contribution in [0, 0.1) is 0 Å². The molecule has 1 rings (SSSR count). The Morgan fingerprint density at radius 3 is 2.93 bits per heavy atom. The molecule has 1 N–H and O–H groups in total. The van der Waals surface area contributed by atoms with Gasteiger partial charge in [0.2, 0.25) is 0 Å². The van der Waals surface area contributed by atoms with Crippen LogP contribution in [0.3, 0.4) is 0 Å². The molecule has 1 aromatic heterocycles. The van der Waals surface area contributed by atoms with E-state index in [4.69, 9.17) is 4.74 Å². The maximum atomic E-state index is 10.7. The van der Waals surface area contributed by atoms with Gasteiger partial charge in [-0.05, 0) is 13.2 Å². The topological polar surface area (TPSA) is 64.1 Å². The molecule has 1 atom stereocenters. The number of hydrogen-bond donors (Lipinski definition) is 1. The van der Waals surface area contributed by atoms with E-state index in [2.05, 4.69) is 15.3 Å². The van der Waals surface area contributed by atoms with Gasteiger partial charge in [0.05, 0.1) is 5.56 Å². The molecule has 0 saturated heterocycles. The first kappa shape index (κ1) is 11.9. The Labute approximate surface area is 92.6 Å². The van der Waals surface area contributed by atoms with E-state index in [1.165, 1.54) is 18.0 Å². The quantitative estimate of drug-likeness (QED) is 0.355. The largest absolute Gasteiger partial charge is 0.362 e. The number of aromatic nitrogens is 2. The zero-order valence-electron chi connectivity index (χ0n) is 8.85. The molecule has 1 aromatic rings. The minimum Gasteiger partial charge on any atom is -0.362 e. The molecule has 0 spiro atoms. The number of rotatable bonds is 5. The number of carbonyl (C=O) groups is 1. The Balaban J connectivity index is 2.95. The van der Waals surface area contributed by atoms with Crippen LogP contribution >= 0.6 is 11.8 Å². The van der Waals surface area contributed by atoms with Crippen molar-refractivity contribution in [1.29, 1.82) is 0 Å². The summed E-state index contributed by atoms with van der Waals surface area (Å²) < 4.78 is 5.03. The molecule has 5 nitrogen and oxygen atoms in total. The number of aldehydes is 1. The number of anilines is 1. The number of nitrogens with zero attached hydrogens (tertiary/aromatic N) is 2. The number of nitrogens with one attached hydrogen (secondary N) is 1. The van der Waals surface area contributed by atoms with E-state index in [9.17, 15) is 4.79 Å². The highest BCUT2D eigenvalue weighted by molar-refractivity contribution is 7.98. The van der Waals surface area contributed by atoms with Crippen LogP contribution in [0.2, 0.25) is 0 Å². The van der Waals surface area contributed by atoms with Crippen LogP contribution in [0.4, 0.5) is 5.82 Å². The van der Waals surface area contributed by atoms with Crippen LogP contribution in [0.5, 0.6) is 0 Å². The molecule has 1 heterocycles. The van der Waals surface area contributed by atoms with Gasteiger partial charge < -0.3 is 10.1 Å². The number of methoxy groups -OCH3 is 1. The highest BCUT2D eigenvalue weighted by Gasteiger charge is 2.08. The van der Waals surface area contributed by atoms with Crippen LogP contribution in [-0.4, -0.2) is 35.8 Å². The minimum atomic E-state index is -0.201. The van der Waals surface area contributed by atoms with Crippen LogP contribution in [0.1, 0.15) is 17.3 Å². The zero-order chi connectivity index (χ0) is 11.3. The lowest BCUT2D eigenvalue weighted by Gasteiger charge is -2.13. The molecule has 6 heteroatoms. The molecule has 0 fully saturated rings. The van der Waals surface area contributed by atoms with Gasteiger partial charge in [0, 0.05) is 13.3 Å². The van der Waals surface area contributed by atoms with Gasteiger partial charge >= 0.3 is 0 Å². The van der Waals surface area contributed by atoms with Crippen molar-refractivity contribution in [1.82, 2.24) is 9.97 Å². The second-order valence-corrected chi connectivity index (χ2v) is 3.57. The van der Waals surface area contributed by atoms with Crippen molar-refractivity contribution >= 4 is 23.9 Å². The summed E-state index contributed by atoms with van der Waals surface area (Å²) >= 11 is 1.42. The van der Waals surface area contributed by atoms with E-state index < -0.39 is 0 Å². The molecule has 0 amide bonds. The van der Waals surface area contributed by atoms with Crippen molar-refractivity contribution < 1.29 is 9.53 Å². The lowest BCUT2D eigenvalue weighted by atomic mass is 10.3. The van der Waals surface area contributed by atoms with E-state index in [0.29, 0.717) is 16.5 Å². The van der Waals surface area contributed by atoms with Gasteiger partial charge in [-0.25, -0.2) is 9.97 Å². The maximum Gasteiger partial charge on any atom is 0.189 e. The average Bonchev–Trinajstić information content (AvgIpc) is 2.28. The standard InChI is InChI=1S/C9H13N3O2S/c1-6(14-2)11-8-7(5-13)4-10-9(12-8)15-3/h4-6H,1-3H3,(H,10,11,12). The summed E-state index contributed by atoms with van der Waals surface area (Å²) in [5.41, 5.74) is 0.428. The number of ether oxygens (including phenoxy) is 1. The summed E-state index contributed by atoms with van der Waals surface area (Å²) in [6, 6.07) is 0. The second-order valence-electron chi connectivity index (χ2n) is 2.80. The third-order valence-electron chi connectivity index (χ3n) is 1.80. The summed E-state index contributed by atoms with van der Waals surface area (Å²) in [5.74, 6) is 0.499. The molecule has 15 heavy (non-hydrogen) atoms. The van der Waals surface area contributed by atoms with Gasteiger partial charge in [-0.2, -0.15) is 0 Å². The lowest BCUT2D eigenvalue weighted by Crippen LogP contribution is -2.19. The van der Waals surface area contributed by atoms with Gasteiger partial charge in [-0.3, -0.25) is 4.79 Å². The Morgan fingerprint density at radius 1 is 1.67 bits per heavy atom. The molecule has 0 aliphatic carbocycles. The first-order valence-corrected chi connectivity index (χ1v) is 5.59. The predicted octanol–water partition coefficient (Wildman–Crippen LogP) is 1.42. The van der Waals surface area contributed by atoms with E-state index in [1.54, 1.807) is 7.11 Å². The van der Waals surface area contributed by atoms with Crippen molar-refractivity contribution in [2.75, 3.05) is 18.7 Å². The Kier molecular flexibility index (Phi) is 4.51. The van der Waals surface area contributed by atoms with E-state index in [-0.39, 0.29) is 6.23 Å². The second kappa shape index (κ2) is 5.67. The highest BCUT2D eigenvalue weighted by atomic mass is 32.2. The summed E-state index contributed by atoms with van der Waals surface area (Å²) in [6.07, 6.45) is 3.89. The maximum absolute atomic E-state index is 10.7. The molecule has 0 saturated carbocycles. The number of carbonyl (C=O) groups excluding carboxylic acids is 1. The van der Waals surface area contributed by atoms with Crippen molar-refractivity contribution in [3.8, 4) is 0 Å². The van der Waals surface area contributed by atoms with Crippen molar-refractivity contribution in [2.45, 2.75) is 18.3 Å². The first-order chi connectivity index (χ1) is 7.21. The predicted molar refractivity (Wildman–Crippen MR) is 59.3 cm³/mol. The van der Waals surface area contributed by atoms with Crippen LogP contribution in [-0.2, 0) is 4.74 Å². The molecular formula is C9H13N3O2S. The zero-order valence-corrected chi connectivity index (χ0v) is 9.67. The molecule has 82 valence electrons. The Bertz CT molecular complexity index is 346. The SMILES string of the molecule is COC(C)Nc1nc(SC)ncc1C=O. The lowest BCUT2D eigenvalue weighted by molar-refractivity contribution is 0.112. The molecule has 0 aliphatic rings. The molecule has 0 radical (unpaired) electrons. The molecule has 0 bridgehead atoms. The molecular weight excluding hydrogens is 214 g/mol. The third-order valence-corrected chi connectivity index (χ3v) is 2.36. The Morgan fingerprint density at radius 2 is 2.40 bits per heavy atom. The van der Waals surface area contributed by atoms with Gasteiger partial charge in [0.1, 0.15) is 12.0 Å². The first-order valence-electron chi connectivity index (χ1n) is 4.36. The molecule has 0 aromatic carbocycles. The summed E-state index contributed by atoms with van der Waals surface area (Å²) in [6.45, 7) is 1.83. The van der Waals surface area contributed by atoms with Gasteiger partial charge in [0.15, 0.2) is 11.4 Å². The van der Waals surface area contributed by atoms with Crippen molar-refractivity contribution in [2.24, 2.45) is 0 Å². The Hall–Kier alpha value is -1.14. The van der Waals surface area contributed by atoms with Gasteiger partial charge in [0.25, 0.3) is 0 Å². The summed E-state index contributed by atoms with van der Waals surface area (Å²) in [4.78, 5) is 18.9. The minimum absolute atomic E-state index is 0.201. The van der Waals surface area contributed by atoms with E-state index >= 15 is 0 Å². The van der Waals surface area contributed by atoms with Crippen LogP contribution < -0.4 is 5.32 Å². The smallest absolute Gasteiger partial charge is 0.189 e. The fourth-order valence-electron chi connectivity index (χ4n) is 0.927. The van der Waals surface area contributed by atoms with Gasteiger partial charge in [-0.15, -0.1) is 0 Å². The fourth-order valence-corrected chi connectivity index (χ4v) is 1.27. The monoisotopic (exact) mass is 227 g/mol. The average molecular weight is 227 g/mol. The molecule has 1 unspecified atom stereocenters. The molecule has 0 aliphatic heterocycles. The summed E-state index contributed by atoms with van der Waals surface area (Å²) in [5, 5.41) is 3.58. The van der Waals surface area contributed by atoms with E-state index in [1.807, 2.05) is 13.2 Å². The number of thioether (sulfide) groups is 1. The van der Waals surface area contributed by atoms with Crippen LogP contribution in [0.25, 0.3) is 0 Å². The van der Waals surface area contributed by atoms with Crippen molar-refractivity contribution in [3.63, 3.8) is 0 Å². The van der Waals surface area contributed by atoms with Gasteiger partial charge in [-0.1, -0.05) is 11.8 Å². The third kappa shape index (κ3) is 3.17. The summed E-state index contributed by atoms with van der Waals surface area (Å²) in [7, 11) is 1.58. The number of hydrogen-bond acceptors (Lipinski definition) is 6. The van der Waals surface area contributed by atoms with Crippen molar-refractivity contribution in [3.05, 3.63) is 11.8 Å².